The van der Waals surface area contributed by atoms with E-state index in [1.807, 2.05) is 19.1 Å². The molecule has 1 aliphatic rings. The lowest BCUT2D eigenvalue weighted by Gasteiger charge is -2.33. The molecule has 0 saturated carbocycles. The van der Waals surface area contributed by atoms with Gasteiger partial charge in [0.15, 0.2) is 0 Å². The standard InChI is InChI=1S/C16H22N4O4/c1-11-3-4-15(23-11)14(20-5-7-22-8-6-20)10-17-16(21)9-13-12(2)18-24-19-13/h3-4,14H,5-10H2,1-2H3,(H,17,21)/t14-/m0/s1. The van der Waals surface area contributed by atoms with Gasteiger partial charge in [0.25, 0.3) is 0 Å². The largest absolute Gasteiger partial charge is 0.465 e. The van der Waals surface area contributed by atoms with Crippen LogP contribution >= 0.6 is 0 Å². The average Bonchev–Trinajstić information content (AvgIpc) is 3.18. The fraction of sp³-hybridized carbons (Fsp3) is 0.562. The SMILES string of the molecule is Cc1ccc([C@H](CNC(=O)Cc2nonc2C)N2CCOCC2)o1. The lowest BCUT2D eigenvalue weighted by molar-refractivity contribution is -0.120. The number of amides is 1. The Morgan fingerprint density at radius 1 is 1.29 bits per heavy atom. The molecule has 3 rings (SSSR count). The summed E-state index contributed by atoms with van der Waals surface area (Å²) in [6.45, 7) is 7.15. The van der Waals surface area contributed by atoms with E-state index in [1.165, 1.54) is 0 Å². The minimum atomic E-state index is -0.115. The molecule has 0 bridgehead atoms. The summed E-state index contributed by atoms with van der Waals surface area (Å²) in [4.78, 5) is 14.5. The fourth-order valence-electron chi connectivity index (χ4n) is 2.77. The van der Waals surface area contributed by atoms with Crippen molar-refractivity contribution in [1.29, 1.82) is 0 Å². The molecule has 0 aromatic carbocycles. The summed E-state index contributed by atoms with van der Waals surface area (Å²) >= 11 is 0. The number of hydrogen-bond acceptors (Lipinski definition) is 7. The van der Waals surface area contributed by atoms with Crippen molar-refractivity contribution in [2.45, 2.75) is 26.3 Å². The number of nitrogens with one attached hydrogen (secondary N) is 1. The fourth-order valence-corrected chi connectivity index (χ4v) is 2.77. The predicted octanol–water partition coefficient (Wildman–Crippen LogP) is 1.01. The number of morpholine rings is 1. The van der Waals surface area contributed by atoms with Crippen molar-refractivity contribution in [3.05, 3.63) is 35.0 Å². The molecule has 0 radical (unpaired) electrons. The second kappa shape index (κ2) is 7.59. The molecule has 1 N–H and O–H groups in total. The van der Waals surface area contributed by atoms with E-state index in [2.05, 4.69) is 25.2 Å². The van der Waals surface area contributed by atoms with E-state index < -0.39 is 0 Å². The van der Waals surface area contributed by atoms with Gasteiger partial charge in [0.1, 0.15) is 22.9 Å². The number of furan rings is 1. The summed E-state index contributed by atoms with van der Waals surface area (Å²) in [6, 6.07) is 3.89. The molecule has 130 valence electrons. The van der Waals surface area contributed by atoms with Crippen LogP contribution < -0.4 is 5.32 Å². The van der Waals surface area contributed by atoms with Crippen molar-refractivity contribution < 1.29 is 18.6 Å². The van der Waals surface area contributed by atoms with Crippen LogP contribution in [0.25, 0.3) is 0 Å². The van der Waals surface area contributed by atoms with E-state index in [0.29, 0.717) is 31.1 Å². The molecule has 8 heteroatoms. The summed E-state index contributed by atoms with van der Waals surface area (Å²) < 4.78 is 15.8. The molecule has 1 amide bonds. The molecule has 1 atom stereocenters. The number of rotatable bonds is 6. The van der Waals surface area contributed by atoms with Crippen LogP contribution in [0.3, 0.4) is 0 Å². The molecule has 0 aliphatic carbocycles. The van der Waals surface area contributed by atoms with Gasteiger partial charge in [0.05, 0.1) is 25.7 Å². The van der Waals surface area contributed by atoms with Crippen LogP contribution in [0.4, 0.5) is 0 Å². The second-order valence-electron chi connectivity index (χ2n) is 5.89. The van der Waals surface area contributed by atoms with Crippen LogP contribution in [0.2, 0.25) is 0 Å². The zero-order valence-electron chi connectivity index (χ0n) is 13.9. The van der Waals surface area contributed by atoms with Crippen molar-refractivity contribution in [1.82, 2.24) is 20.5 Å². The van der Waals surface area contributed by atoms with Gasteiger partial charge in [0, 0.05) is 19.6 Å². The topological polar surface area (TPSA) is 93.6 Å². The molecule has 8 nitrogen and oxygen atoms in total. The molecule has 2 aromatic rings. The number of hydrogen-bond donors (Lipinski definition) is 1. The Hall–Kier alpha value is -2.19. The number of aromatic nitrogens is 2. The first-order chi connectivity index (χ1) is 11.6. The summed E-state index contributed by atoms with van der Waals surface area (Å²) in [6.07, 6.45) is 0.155. The van der Waals surface area contributed by atoms with Gasteiger partial charge >= 0.3 is 0 Å². The molecule has 0 spiro atoms. The van der Waals surface area contributed by atoms with Gasteiger partial charge in [-0.15, -0.1) is 0 Å². The second-order valence-corrected chi connectivity index (χ2v) is 5.89. The lowest BCUT2D eigenvalue weighted by atomic mass is 10.1. The number of carbonyl (C=O) groups excluding carboxylic acids is 1. The quantitative estimate of drug-likeness (QED) is 0.842. The van der Waals surface area contributed by atoms with E-state index >= 15 is 0 Å². The first kappa shape index (κ1) is 16.7. The lowest BCUT2D eigenvalue weighted by Crippen LogP contribution is -2.44. The minimum absolute atomic E-state index is 0.0110. The zero-order valence-corrected chi connectivity index (χ0v) is 13.9. The highest BCUT2D eigenvalue weighted by Gasteiger charge is 2.26. The van der Waals surface area contributed by atoms with E-state index in [4.69, 9.17) is 9.15 Å². The highest BCUT2D eigenvalue weighted by atomic mass is 16.6. The van der Waals surface area contributed by atoms with Gasteiger partial charge in [-0.25, -0.2) is 4.63 Å². The Labute approximate surface area is 140 Å². The summed E-state index contributed by atoms with van der Waals surface area (Å²) in [5.74, 6) is 1.60. The summed E-state index contributed by atoms with van der Waals surface area (Å²) in [7, 11) is 0. The number of aryl methyl sites for hydroxylation is 2. The van der Waals surface area contributed by atoms with Crippen LogP contribution in [0.15, 0.2) is 21.2 Å². The van der Waals surface area contributed by atoms with Crippen molar-refractivity contribution >= 4 is 5.91 Å². The molecule has 1 aliphatic heterocycles. The van der Waals surface area contributed by atoms with Crippen LogP contribution in [-0.2, 0) is 16.0 Å². The van der Waals surface area contributed by atoms with Crippen molar-refractivity contribution in [2.75, 3.05) is 32.8 Å². The molecule has 1 saturated heterocycles. The van der Waals surface area contributed by atoms with Crippen molar-refractivity contribution in [3.8, 4) is 0 Å². The molecule has 3 heterocycles. The smallest absolute Gasteiger partial charge is 0.226 e. The Balaban J connectivity index is 1.63. The number of carbonyl (C=O) groups is 1. The van der Waals surface area contributed by atoms with E-state index in [0.717, 1.165) is 24.6 Å². The first-order valence-electron chi connectivity index (χ1n) is 8.06. The Kier molecular flexibility index (Phi) is 5.27. The Morgan fingerprint density at radius 3 is 2.71 bits per heavy atom. The van der Waals surface area contributed by atoms with E-state index in [9.17, 15) is 4.79 Å². The maximum absolute atomic E-state index is 12.2. The van der Waals surface area contributed by atoms with Gasteiger partial charge in [-0.3, -0.25) is 9.69 Å². The van der Waals surface area contributed by atoms with Crippen LogP contribution in [0.1, 0.15) is 29.0 Å². The van der Waals surface area contributed by atoms with Gasteiger partial charge in [-0.05, 0) is 26.0 Å². The first-order valence-corrected chi connectivity index (χ1v) is 8.06. The predicted molar refractivity (Wildman–Crippen MR) is 84.3 cm³/mol. The van der Waals surface area contributed by atoms with Gasteiger partial charge in [-0.2, -0.15) is 0 Å². The third-order valence-corrected chi connectivity index (χ3v) is 4.14. The Bertz CT molecular complexity index is 675. The number of nitrogens with zero attached hydrogens (tertiary/aromatic N) is 3. The highest BCUT2D eigenvalue weighted by Crippen LogP contribution is 2.23. The van der Waals surface area contributed by atoms with Crippen LogP contribution in [0.5, 0.6) is 0 Å². The molecular weight excluding hydrogens is 312 g/mol. The van der Waals surface area contributed by atoms with Gasteiger partial charge < -0.3 is 14.5 Å². The van der Waals surface area contributed by atoms with Gasteiger partial charge in [-0.1, -0.05) is 10.3 Å². The molecular formula is C16H22N4O4. The third-order valence-electron chi connectivity index (χ3n) is 4.14. The Morgan fingerprint density at radius 2 is 2.08 bits per heavy atom. The average molecular weight is 334 g/mol. The summed E-state index contributed by atoms with van der Waals surface area (Å²) in [5.41, 5.74) is 1.20. The third kappa shape index (κ3) is 4.01. The number of ether oxygens (including phenoxy) is 1. The van der Waals surface area contributed by atoms with Crippen molar-refractivity contribution in [3.63, 3.8) is 0 Å². The van der Waals surface area contributed by atoms with Crippen LogP contribution in [-0.4, -0.2) is 54.0 Å². The monoisotopic (exact) mass is 334 g/mol. The van der Waals surface area contributed by atoms with E-state index in [-0.39, 0.29) is 18.4 Å². The normalized spacial score (nSPS) is 16.9. The van der Waals surface area contributed by atoms with Crippen LogP contribution in [0, 0.1) is 13.8 Å². The summed E-state index contributed by atoms with van der Waals surface area (Å²) in [5, 5.41) is 10.4. The van der Waals surface area contributed by atoms with E-state index in [1.54, 1.807) is 6.92 Å². The maximum atomic E-state index is 12.2. The van der Waals surface area contributed by atoms with Gasteiger partial charge in [0.2, 0.25) is 5.91 Å². The minimum Gasteiger partial charge on any atom is -0.465 e. The molecule has 2 aromatic heterocycles. The zero-order chi connectivity index (χ0) is 16.9. The molecule has 1 fully saturated rings. The molecule has 24 heavy (non-hydrogen) atoms. The van der Waals surface area contributed by atoms with Crippen molar-refractivity contribution in [2.24, 2.45) is 0 Å². The highest BCUT2D eigenvalue weighted by molar-refractivity contribution is 5.78. The molecule has 0 unspecified atom stereocenters. The maximum Gasteiger partial charge on any atom is 0.226 e.